The van der Waals surface area contributed by atoms with Crippen LogP contribution in [-0.4, -0.2) is 31.2 Å². The van der Waals surface area contributed by atoms with E-state index >= 15 is 0 Å². The molecule has 2 aromatic carbocycles. The molecule has 0 radical (unpaired) electrons. The summed E-state index contributed by atoms with van der Waals surface area (Å²) in [7, 11) is 1.23. The van der Waals surface area contributed by atoms with Gasteiger partial charge in [-0.1, -0.05) is 47.1 Å². The van der Waals surface area contributed by atoms with Crippen LogP contribution in [0.2, 0.25) is 5.02 Å². The number of ether oxygens (including phenoxy) is 1. The quantitative estimate of drug-likeness (QED) is 0.468. The third-order valence-electron chi connectivity index (χ3n) is 3.21. The number of halogens is 1. The lowest BCUT2D eigenvalue weighted by molar-refractivity contribution is -0.140. The number of benzene rings is 2. The fourth-order valence-electron chi connectivity index (χ4n) is 1.89. The Morgan fingerprint density at radius 1 is 1.16 bits per heavy atom. The molecule has 1 N–H and O–H groups in total. The van der Waals surface area contributed by atoms with Gasteiger partial charge in [0.05, 0.1) is 13.3 Å². The summed E-state index contributed by atoms with van der Waals surface area (Å²) in [5, 5.41) is 6.89. The number of amides is 1. The van der Waals surface area contributed by atoms with Gasteiger partial charge in [-0.15, -0.1) is 0 Å². The molecule has 6 nitrogen and oxygen atoms in total. The van der Waals surface area contributed by atoms with Gasteiger partial charge in [0.1, 0.15) is 6.61 Å². The van der Waals surface area contributed by atoms with E-state index in [1.165, 1.54) is 13.3 Å². The van der Waals surface area contributed by atoms with E-state index in [2.05, 4.69) is 15.2 Å². The summed E-state index contributed by atoms with van der Waals surface area (Å²) in [4.78, 5) is 29.0. The van der Waals surface area contributed by atoms with Crippen LogP contribution in [0.1, 0.15) is 15.9 Å². The predicted molar refractivity (Wildman–Crippen MR) is 94.4 cm³/mol. The van der Waals surface area contributed by atoms with E-state index in [0.29, 0.717) is 10.6 Å². The Morgan fingerprint density at radius 2 is 1.84 bits per heavy atom. The molecule has 0 heterocycles. The molecule has 0 unspecified atom stereocenters. The van der Waals surface area contributed by atoms with Crippen molar-refractivity contribution in [3.63, 3.8) is 0 Å². The number of methoxy groups -OCH3 is 1. The summed E-state index contributed by atoms with van der Waals surface area (Å²) in [6.45, 7) is 0.203. The fourth-order valence-corrected chi connectivity index (χ4v) is 2.02. The van der Waals surface area contributed by atoms with Crippen molar-refractivity contribution in [2.75, 3.05) is 7.11 Å². The third kappa shape index (κ3) is 5.93. The van der Waals surface area contributed by atoms with Gasteiger partial charge in [0, 0.05) is 10.6 Å². The number of oxime groups is 1. The molecule has 1 atom stereocenters. The first-order chi connectivity index (χ1) is 12.1. The van der Waals surface area contributed by atoms with Crippen molar-refractivity contribution in [1.82, 2.24) is 5.32 Å². The van der Waals surface area contributed by atoms with Crippen molar-refractivity contribution < 1.29 is 19.2 Å². The smallest absolute Gasteiger partial charge is 0.334 e. The molecule has 2 aromatic rings. The number of carbonyl (C=O) groups excluding carboxylic acids is 2. The van der Waals surface area contributed by atoms with Gasteiger partial charge in [0.15, 0.2) is 6.04 Å². The molecule has 2 rings (SSSR count). The second-order valence-electron chi connectivity index (χ2n) is 4.99. The number of rotatable bonds is 7. The van der Waals surface area contributed by atoms with Crippen molar-refractivity contribution in [2.24, 2.45) is 5.16 Å². The maximum atomic E-state index is 12.1. The van der Waals surface area contributed by atoms with Gasteiger partial charge in [-0.2, -0.15) is 0 Å². The third-order valence-corrected chi connectivity index (χ3v) is 3.46. The van der Waals surface area contributed by atoms with Crippen molar-refractivity contribution in [3.05, 3.63) is 70.7 Å². The van der Waals surface area contributed by atoms with Gasteiger partial charge < -0.3 is 14.9 Å². The van der Waals surface area contributed by atoms with E-state index in [1.54, 1.807) is 54.6 Å². The molecule has 0 aromatic heterocycles. The van der Waals surface area contributed by atoms with Gasteiger partial charge in [0.25, 0.3) is 5.91 Å². The van der Waals surface area contributed by atoms with E-state index in [0.717, 1.165) is 5.56 Å². The molecule has 0 aliphatic rings. The number of esters is 1. The zero-order valence-corrected chi connectivity index (χ0v) is 14.3. The van der Waals surface area contributed by atoms with Crippen LogP contribution >= 0.6 is 11.6 Å². The second-order valence-corrected chi connectivity index (χ2v) is 5.43. The molecule has 0 saturated carbocycles. The second kappa shape index (κ2) is 9.44. The molecule has 1 amide bonds. The Bertz CT molecular complexity index is 733. The first kappa shape index (κ1) is 18.5. The van der Waals surface area contributed by atoms with E-state index in [9.17, 15) is 9.59 Å². The highest BCUT2D eigenvalue weighted by Crippen LogP contribution is 2.10. The molecule has 0 spiro atoms. The maximum Gasteiger partial charge on any atom is 0.334 e. The van der Waals surface area contributed by atoms with Crippen LogP contribution in [0.3, 0.4) is 0 Å². The summed E-state index contributed by atoms with van der Waals surface area (Å²) >= 11 is 5.80. The minimum atomic E-state index is -1.05. The largest absolute Gasteiger partial charge is 0.467 e. The molecule has 130 valence electrons. The monoisotopic (exact) mass is 360 g/mol. The van der Waals surface area contributed by atoms with Gasteiger partial charge in [0.2, 0.25) is 0 Å². The lowest BCUT2D eigenvalue weighted by Crippen LogP contribution is -2.42. The highest BCUT2D eigenvalue weighted by molar-refractivity contribution is 6.30. The van der Waals surface area contributed by atoms with Gasteiger partial charge >= 0.3 is 5.97 Å². The number of hydrogen-bond donors (Lipinski definition) is 1. The topological polar surface area (TPSA) is 77.0 Å². The average molecular weight is 361 g/mol. The molecule has 0 fully saturated rings. The zero-order valence-electron chi connectivity index (χ0n) is 13.5. The van der Waals surface area contributed by atoms with Crippen LogP contribution in [0.15, 0.2) is 59.8 Å². The number of carbonyl (C=O) groups is 2. The van der Waals surface area contributed by atoms with Crippen LogP contribution in [0.5, 0.6) is 0 Å². The van der Waals surface area contributed by atoms with Crippen molar-refractivity contribution in [3.8, 4) is 0 Å². The lowest BCUT2D eigenvalue weighted by Gasteiger charge is -2.12. The van der Waals surface area contributed by atoms with E-state index in [4.69, 9.17) is 16.4 Å². The molecule has 0 bridgehead atoms. The molecule has 0 saturated heterocycles. The van der Waals surface area contributed by atoms with Gasteiger partial charge in [-0.25, -0.2) is 4.79 Å². The van der Waals surface area contributed by atoms with Crippen LogP contribution in [-0.2, 0) is 21.0 Å². The van der Waals surface area contributed by atoms with Crippen molar-refractivity contribution >= 4 is 29.7 Å². The molecule has 0 aliphatic heterocycles. The highest BCUT2D eigenvalue weighted by Gasteiger charge is 2.20. The Balaban J connectivity index is 1.94. The molecule has 25 heavy (non-hydrogen) atoms. The summed E-state index contributed by atoms with van der Waals surface area (Å²) in [5.41, 5.74) is 1.29. The summed E-state index contributed by atoms with van der Waals surface area (Å²) in [5.74, 6) is -1.07. The SMILES string of the molecule is COC(=O)[C@@H](/C=N\OCc1ccc(Cl)cc1)NC(=O)c1ccccc1. The first-order valence-electron chi connectivity index (χ1n) is 7.44. The van der Waals surface area contributed by atoms with Crippen LogP contribution in [0.4, 0.5) is 0 Å². The van der Waals surface area contributed by atoms with E-state index < -0.39 is 17.9 Å². The standard InChI is InChI=1S/C18H17ClN2O4/c1-24-18(23)16(21-17(22)14-5-3-2-4-6-14)11-20-25-12-13-7-9-15(19)10-8-13/h2-11,16H,12H2,1H3,(H,21,22)/b20-11-/t16-/m1/s1. The minimum absolute atomic E-state index is 0.203. The highest BCUT2D eigenvalue weighted by atomic mass is 35.5. The van der Waals surface area contributed by atoms with Crippen molar-refractivity contribution in [2.45, 2.75) is 12.6 Å². The average Bonchev–Trinajstić information content (AvgIpc) is 2.65. The molecule has 7 heteroatoms. The summed E-state index contributed by atoms with van der Waals surface area (Å²) in [6, 6.07) is 14.5. The number of nitrogens with one attached hydrogen (secondary N) is 1. The van der Waals surface area contributed by atoms with Gasteiger partial charge in [-0.3, -0.25) is 4.79 Å². The minimum Gasteiger partial charge on any atom is -0.467 e. The maximum absolute atomic E-state index is 12.1. The first-order valence-corrected chi connectivity index (χ1v) is 7.81. The van der Waals surface area contributed by atoms with Crippen LogP contribution in [0.25, 0.3) is 0 Å². The Kier molecular flexibility index (Phi) is 6.98. The Hall–Kier alpha value is -2.86. The van der Waals surface area contributed by atoms with Crippen LogP contribution < -0.4 is 5.32 Å². The number of hydrogen-bond acceptors (Lipinski definition) is 5. The zero-order chi connectivity index (χ0) is 18.1. The van der Waals surface area contributed by atoms with E-state index in [1.807, 2.05) is 0 Å². The Labute approximate surface area is 150 Å². The predicted octanol–water partition coefficient (Wildman–Crippen LogP) is 2.81. The number of nitrogens with zero attached hydrogens (tertiary/aromatic N) is 1. The van der Waals surface area contributed by atoms with Gasteiger partial charge in [-0.05, 0) is 29.8 Å². The van der Waals surface area contributed by atoms with Crippen LogP contribution in [0, 0.1) is 0 Å². The van der Waals surface area contributed by atoms with Crippen molar-refractivity contribution in [1.29, 1.82) is 0 Å². The summed E-state index contributed by atoms with van der Waals surface area (Å²) in [6.07, 6.45) is 1.18. The molecular weight excluding hydrogens is 344 g/mol. The normalized spacial score (nSPS) is 11.8. The lowest BCUT2D eigenvalue weighted by atomic mass is 10.2. The molecular formula is C18H17ClN2O4. The van der Waals surface area contributed by atoms with E-state index in [-0.39, 0.29) is 6.61 Å². The molecule has 0 aliphatic carbocycles. The summed E-state index contributed by atoms with van der Waals surface area (Å²) < 4.78 is 4.66. The Morgan fingerprint density at radius 3 is 2.48 bits per heavy atom. The fraction of sp³-hybridized carbons (Fsp3) is 0.167.